The van der Waals surface area contributed by atoms with Crippen molar-refractivity contribution in [1.29, 1.82) is 0 Å². The quantitative estimate of drug-likeness (QED) is 0.425. The smallest absolute Gasteiger partial charge is 0.138 e. The van der Waals surface area contributed by atoms with Crippen molar-refractivity contribution in [2.24, 2.45) is 0 Å². The van der Waals surface area contributed by atoms with Gasteiger partial charge in [-0.05, 0) is 61.4 Å². The van der Waals surface area contributed by atoms with E-state index in [2.05, 4.69) is 11.1 Å². The first-order chi connectivity index (χ1) is 12.6. The van der Waals surface area contributed by atoms with Crippen LogP contribution in [0.3, 0.4) is 0 Å². The van der Waals surface area contributed by atoms with E-state index in [0.29, 0.717) is 12.8 Å². The van der Waals surface area contributed by atoms with Gasteiger partial charge in [-0.1, -0.05) is 6.07 Å². The van der Waals surface area contributed by atoms with Crippen LogP contribution in [0.4, 0.5) is 0 Å². The fourth-order valence-corrected chi connectivity index (χ4v) is 3.18. The van der Waals surface area contributed by atoms with E-state index in [4.69, 9.17) is 8.83 Å². The van der Waals surface area contributed by atoms with Gasteiger partial charge in [0.05, 0.1) is 5.56 Å². The van der Waals surface area contributed by atoms with Crippen molar-refractivity contribution in [2.75, 3.05) is 0 Å². The second-order valence-corrected chi connectivity index (χ2v) is 6.46. The molecule has 4 rings (SSSR count). The van der Waals surface area contributed by atoms with Crippen LogP contribution in [-0.4, -0.2) is 10.8 Å². The van der Waals surface area contributed by atoms with Crippen LogP contribution in [0.25, 0.3) is 33.4 Å². The number of aromatic nitrogens is 1. The van der Waals surface area contributed by atoms with Crippen LogP contribution in [0.1, 0.15) is 24.9 Å². The summed E-state index contributed by atoms with van der Waals surface area (Å²) < 4.78 is 12.0. The number of hydrogen-bond acceptors (Lipinski definition) is 4. The SMILES string of the molecule is CC(=O)CCc1oc2ccc(-c3ccncc3)cc2c1-c1ccc(C)o1.Cl. The Hall–Kier alpha value is -2.85. The van der Waals surface area contributed by atoms with Crippen LogP contribution in [0.5, 0.6) is 0 Å². The molecule has 0 saturated carbocycles. The van der Waals surface area contributed by atoms with Crippen LogP contribution in [0, 0.1) is 6.92 Å². The number of rotatable bonds is 5. The number of furan rings is 2. The van der Waals surface area contributed by atoms with E-state index in [0.717, 1.165) is 44.9 Å². The molecule has 0 radical (unpaired) electrons. The molecule has 5 heteroatoms. The molecule has 138 valence electrons. The van der Waals surface area contributed by atoms with E-state index >= 15 is 0 Å². The Bertz CT molecular complexity index is 1080. The highest BCUT2D eigenvalue weighted by atomic mass is 35.5. The zero-order chi connectivity index (χ0) is 18.1. The maximum Gasteiger partial charge on any atom is 0.138 e. The van der Waals surface area contributed by atoms with E-state index in [1.807, 2.05) is 43.3 Å². The number of carbonyl (C=O) groups is 1. The van der Waals surface area contributed by atoms with Gasteiger partial charge in [0.1, 0.15) is 28.6 Å². The Balaban J connectivity index is 0.00000210. The third-order valence-corrected chi connectivity index (χ3v) is 4.47. The number of benzene rings is 1. The molecule has 0 aliphatic carbocycles. The van der Waals surface area contributed by atoms with E-state index in [1.165, 1.54) is 0 Å². The van der Waals surface area contributed by atoms with Gasteiger partial charge in [-0.2, -0.15) is 0 Å². The number of ketones is 1. The summed E-state index contributed by atoms with van der Waals surface area (Å²) in [6.07, 6.45) is 4.57. The molecule has 4 aromatic rings. The molecule has 0 unspecified atom stereocenters. The standard InChI is InChI=1S/C22H19NO3.ClH/c1-14(24)3-6-21-22(20-7-4-15(2)25-20)18-13-17(5-8-19(18)26-21)16-9-11-23-12-10-16;/h4-5,7-13H,3,6H2,1-2H3;1H. The van der Waals surface area contributed by atoms with Crippen LogP contribution in [0.15, 0.2) is 63.7 Å². The Morgan fingerprint density at radius 2 is 1.78 bits per heavy atom. The van der Waals surface area contributed by atoms with Crippen molar-refractivity contribution < 1.29 is 13.6 Å². The van der Waals surface area contributed by atoms with Gasteiger partial charge in [0.15, 0.2) is 0 Å². The van der Waals surface area contributed by atoms with E-state index in [9.17, 15) is 4.79 Å². The predicted molar refractivity (Wildman–Crippen MR) is 108 cm³/mol. The first-order valence-corrected chi connectivity index (χ1v) is 8.64. The van der Waals surface area contributed by atoms with Gasteiger partial charge in [0.2, 0.25) is 0 Å². The van der Waals surface area contributed by atoms with Crippen molar-refractivity contribution in [3.63, 3.8) is 0 Å². The van der Waals surface area contributed by atoms with Gasteiger partial charge in [0, 0.05) is 30.6 Å². The lowest BCUT2D eigenvalue weighted by Crippen LogP contribution is -1.94. The highest BCUT2D eigenvalue weighted by Crippen LogP contribution is 2.38. The first kappa shape index (κ1) is 18.9. The van der Waals surface area contributed by atoms with E-state index in [-0.39, 0.29) is 18.2 Å². The number of pyridine rings is 1. The van der Waals surface area contributed by atoms with Crippen LogP contribution in [-0.2, 0) is 11.2 Å². The normalized spacial score (nSPS) is 10.7. The van der Waals surface area contributed by atoms with Crippen LogP contribution in [0.2, 0.25) is 0 Å². The number of aryl methyl sites for hydroxylation is 2. The first-order valence-electron chi connectivity index (χ1n) is 8.64. The largest absolute Gasteiger partial charge is 0.461 e. The van der Waals surface area contributed by atoms with Crippen molar-refractivity contribution in [3.05, 3.63) is 66.4 Å². The maximum absolute atomic E-state index is 11.5. The molecule has 0 saturated heterocycles. The summed E-state index contributed by atoms with van der Waals surface area (Å²) in [6.45, 7) is 3.52. The summed E-state index contributed by atoms with van der Waals surface area (Å²) in [4.78, 5) is 15.5. The fraction of sp³-hybridized carbons (Fsp3) is 0.182. The lowest BCUT2D eigenvalue weighted by molar-refractivity contribution is -0.117. The molecule has 0 bridgehead atoms. The highest BCUT2D eigenvalue weighted by molar-refractivity contribution is 5.97. The number of halogens is 1. The molecule has 1 aromatic carbocycles. The minimum atomic E-state index is 0. The summed E-state index contributed by atoms with van der Waals surface area (Å²) in [6, 6.07) is 14.0. The lowest BCUT2D eigenvalue weighted by Gasteiger charge is -2.02. The van der Waals surface area contributed by atoms with Gasteiger partial charge in [-0.3, -0.25) is 4.98 Å². The van der Waals surface area contributed by atoms with Crippen molar-refractivity contribution in [3.8, 4) is 22.5 Å². The monoisotopic (exact) mass is 381 g/mol. The molecular weight excluding hydrogens is 362 g/mol. The second kappa shape index (κ2) is 7.80. The third-order valence-electron chi connectivity index (χ3n) is 4.47. The third kappa shape index (κ3) is 3.81. The van der Waals surface area contributed by atoms with Crippen molar-refractivity contribution in [2.45, 2.75) is 26.7 Å². The molecule has 0 aliphatic rings. The number of Topliss-reactive ketones (excluding diaryl/α,β-unsaturated/α-hetero) is 1. The average Bonchev–Trinajstić information content (AvgIpc) is 3.22. The summed E-state index contributed by atoms with van der Waals surface area (Å²) in [5, 5.41) is 0.993. The Morgan fingerprint density at radius 3 is 2.44 bits per heavy atom. The number of nitrogens with zero attached hydrogens (tertiary/aromatic N) is 1. The van der Waals surface area contributed by atoms with Gasteiger partial charge < -0.3 is 13.6 Å². The summed E-state index contributed by atoms with van der Waals surface area (Å²) in [7, 11) is 0. The summed E-state index contributed by atoms with van der Waals surface area (Å²) >= 11 is 0. The lowest BCUT2D eigenvalue weighted by atomic mass is 10.0. The van der Waals surface area contributed by atoms with Crippen molar-refractivity contribution in [1.82, 2.24) is 4.98 Å². The van der Waals surface area contributed by atoms with E-state index < -0.39 is 0 Å². The minimum Gasteiger partial charge on any atom is -0.461 e. The highest BCUT2D eigenvalue weighted by Gasteiger charge is 2.19. The fourth-order valence-electron chi connectivity index (χ4n) is 3.18. The van der Waals surface area contributed by atoms with Gasteiger partial charge >= 0.3 is 0 Å². The second-order valence-electron chi connectivity index (χ2n) is 6.46. The molecular formula is C22H20ClNO3. The van der Waals surface area contributed by atoms with Gasteiger partial charge in [0.25, 0.3) is 0 Å². The van der Waals surface area contributed by atoms with Crippen molar-refractivity contribution >= 4 is 29.2 Å². The predicted octanol–water partition coefficient (Wildman–Crippen LogP) is 6.01. The molecule has 0 amide bonds. The molecule has 0 aliphatic heterocycles. The Labute approximate surface area is 163 Å². The number of fused-ring (bicyclic) bond motifs is 1. The van der Waals surface area contributed by atoms with Crippen LogP contribution >= 0.6 is 12.4 Å². The maximum atomic E-state index is 11.5. The molecule has 0 spiro atoms. The molecule has 3 heterocycles. The molecule has 0 fully saturated rings. The topological polar surface area (TPSA) is 56.2 Å². The Morgan fingerprint density at radius 1 is 1.00 bits per heavy atom. The zero-order valence-electron chi connectivity index (χ0n) is 15.2. The molecule has 3 aromatic heterocycles. The molecule has 27 heavy (non-hydrogen) atoms. The molecule has 0 N–H and O–H groups in total. The summed E-state index contributed by atoms with van der Waals surface area (Å²) in [5.74, 6) is 2.55. The Kier molecular flexibility index (Phi) is 5.47. The van der Waals surface area contributed by atoms with Crippen LogP contribution < -0.4 is 0 Å². The molecule has 0 atom stereocenters. The van der Waals surface area contributed by atoms with Gasteiger partial charge in [-0.15, -0.1) is 12.4 Å². The van der Waals surface area contributed by atoms with E-state index in [1.54, 1.807) is 19.3 Å². The number of hydrogen-bond donors (Lipinski definition) is 0. The summed E-state index contributed by atoms with van der Waals surface area (Å²) in [5.41, 5.74) is 3.91. The minimum absolute atomic E-state index is 0. The average molecular weight is 382 g/mol. The number of carbonyl (C=O) groups excluding carboxylic acids is 1. The van der Waals surface area contributed by atoms with Gasteiger partial charge in [-0.25, -0.2) is 0 Å². The molecule has 4 nitrogen and oxygen atoms in total. The zero-order valence-corrected chi connectivity index (χ0v) is 16.0.